The molecule has 0 bridgehead atoms. The molecule has 1 spiro atoms. The molecule has 2 heteroatoms. The average molecular weight is 231 g/mol. The van der Waals surface area contributed by atoms with Crippen LogP contribution in [0.25, 0.3) is 0 Å². The summed E-state index contributed by atoms with van der Waals surface area (Å²) in [4.78, 5) is 2.51. The Morgan fingerprint density at radius 1 is 1.29 bits per heavy atom. The summed E-state index contributed by atoms with van der Waals surface area (Å²) in [5.74, 6) is 0. The lowest BCUT2D eigenvalue weighted by atomic mass is 9.83. The van der Waals surface area contributed by atoms with Gasteiger partial charge in [-0.25, -0.2) is 0 Å². The average Bonchev–Trinajstić information content (AvgIpc) is 2.65. The molecule has 0 amide bonds. The predicted molar refractivity (Wildman–Crippen MR) is 69.0 cm³/mol. The van der Waals surface area contributed by atoms with Crippen molar-refractivity contribution in [2.45, 2.75) is 38.4 Å². The van der Waals surface area contributed by atoms with Crippen LogP contribution in [0.3, 0.4) is 0 Å². The summed E-state index contributed by atoms with van der Waals surface area (Å²) in [5, 5.41) is 0. The highest BCUT2D eigenvalue weighted by Gasteiger charge is 2.44. The van der Waals surface area contributed by atoms with Crippen molar-refractivity contribution in [3.63, 3.8) is 0 Å². The molecular weight excluding hydrogens is 210 g/mol. The van der Waals surface area contributed by atoms with Crippen LogP contribution >= 0.6 is 0 Å². The zero-order valence-corrected chi connectivity index (χ0v) is 10.8. The molecule has 1 unspecified atom stereocenters. The van der Waals surface area contributed by atoms with Crippen LogP contribution in [-0.4, -0.2) is 24.5 Å². The van der Waals surface area contributed by atoms with Crippen LogP contribution < -0.4 is 0 Å². The Balaban J connectivity index is 1.91. The summed E-state index contributed by atoms with van der Waals surface area (Å²) in [7, 11) is 0. The fourth-order valence-electron chi connectivity index (χ4n) is 3.35. The van der Waals surface area contributed by atoms with E-state index in [0.717, 1.165) is 32.5 Å². The van der Waals surface area contributed by atoms with Crippen molar-refractivity contribution in [3.8, 4) is 0 Å². The van der Waals surface area contributed by atoms with Crippen LogP contribution in [0.2, 0.25) is 0 Å². The number of hydrogen-bond donors (Lipinski definition) is 0. The van der Waals surface area contributed by atoms with Gasteiger partial charge in [-0.3, -0.25) is 0 Å². The highest BCUT2D eigenvalue weighted by molar-refractivity contribution is 5.38. The number of nitrogens with zero attached hydrogens (tertiary/aromatic N) is 1. The number of hydrogen-bond acceptors (Lipinski definition) is 2. The third-order valence-corrected chi connectivity index (χ3v) is 4.40. The van der Waals surface area contributed by atoms with E-state index in [9.17, 15) is 0 Å². The Morgan fingerprint density at radius 2 is 2.00 bits per heavy atom. The molecular formula is C15H21NO. The Morgan fingerprint density at radius 3 is 2.71 bits per heavy atom. The Kier molecular flexibility index (Phi) is 2.72. The van der Waals surface area contributed by atoms with E-state index in [0.29, 0.717) is 0 Å². The molecule has 0 N–H and O–H groups in total. The molecule has 2 aliphatic rings. The van der Waals surface area contributed by atoms with E-state index in [1.54, 1.807) is 0 Å². The highest BCUT2D eigenvalue weighted by atomic mass is 16.5. The maximum Gasteiger partial charge on any atom is 0.0967 e. The topological polar surface area (TPSA) is 12.5 Å². The van der Waals surface area contributed by atoms with Crippen molar-refractivity contribution in [1.29, 1.82) is 0 Å². The standard InChI is InChI=1S/C15H21NO/c1-3-16-10-8-15(9-11-16)14-7-5-4-6-13(14)12(2)17-15/h4-7,12H,3,8-11H2,1-2H3. The Bertz CT molecular complexity index is 407. The van der Waals surface area contributed by atoms with Gasteiger partial charge in [0.05, 0.1) is 11.7 Å². The zero-order chi connectivity index (χ0) is 11.9. The smallest absolute Gasteiger partial charge is 0.0967 e. The van der Waals surface area contributed by atoms with Crippen molar-refractivity contribution >= 4 is 0 Å². The van der Waals surface area contributed by atoms with Crippen LogP contribution in [0, 0.1) is 0 Å². The largest absolute Gasteiger partial charge is 0.363 e. The second kappa shape index (κ2) is 4.11. The molecule has 2 nitrogen and oxygen atoms in total. The molecule has 1 fully saturated rings. The maximum absolute atomic E-state index is 6.33. The summed E-state index contributed by atoms with van der Waals surface area (Å²) < 4.78 is 6.33. The molecule has 3 rings (SSSR count). The summed E-state index contributed by atoms with van der Waals surface area (Å²) >= 11 is 0. The molecule has 2 heterocycles. The van der Waals surface area contributed by atoms with Crippen molar-refractivity contribution in [2.75, 3.05) is 19.6 Å². The van der Waals surface area contributed by atoms with Gasteiger partial charge < -0.3 is 9.64 Å². The van der Waals surface area contributed by atoms with Crippen molar-refractivity contribution in [3.05, 3.63) is 35.4 Å². The number of rotatable bonds is 1. The third-order valence-electron chi connectivity index (χ3n) is 4.40. The Labute approximate surface area is 104 Å². The number of piperidine rings is 1. The lowest BCUT2D eigenvalue weighted by Crippen LogP contribution is -2.42. The van der Waals surface area contributed by atoms with Crippen molar-refractivity contribution < 1.29 is 4.74 Å². The van der Waals surface area contributed by atoms with Gasteiger partial charge in [-0.1, -0.05) is 31.2 Å². The van der Waals surface area contributed by atoms with E-state index in [2.05, 4.69) is 43.0 Å². The minimum atomic E-state index is 0.0156. The molecule has 1 aromatic carbocycles. The first kappa shape index (κ1) is 11.2. The monoisotopic (exact) mass is 231 g/mol. The van der Waals surface area contributed by atoms with Gasteiger partial charge in [0.15, 0.2) is 0 Å². The number of likely N-dealkylation sites (tertiary alicyclic amines) is 1. The van der Waals surface area contributed by atoms with Gasteiger partial charge in [0.25, 0.3) is 0 Å². The fraction of sp³-hybridized carbons (Fsp3) is 0.600. The van der Waals surface area contributed by atoms with E-state index < -0.39 is 0 Å². The van der Waals surface area contributed by atoms with Crippen LogP contribution in [-0.2, 0) is 10.3 Å². The lowest BCUT2D eigenvalue weighted by molar-refractivity contribution is -0.103. The summed E-state index contributed by atoms with van der Waals surface area (Å²) in [5.41, 5.74) is 2.86. The Hall–Kier alpha value is -0.860. The molecule has 1 atom stereocenters. The van der Waals surface area contributed by atoms with Gasteiger partial charge in [-0.2, -0.15) is 0 Å². The van der Waals surface area contributed by atoms with E-state index in [4.69, 9.17) is 4.74 Å². The molecule has 1 saturated heterocycles. The van der Waals surface area contributed by atoms with Crippen molar-refractivity contribution in [2.24, 2.45) is 0 Å². The second-order valence-corrected chi connectivity index (χ2v) is 5.28. The van der Waals surface area contributed by atoms with Crippen LogP contribution in [0.4, 0.5) is 0 Å². The minimum absolute atomic E-state index is 0.0156. The summed E-state index contributed by atoms with van der Waals surface area (Å²) in [6.07, 6.45) is 2.55. The third kappa shape index (κ3) is 1.71. The first-order valence-electron chi connectivity index (χ1n) is 6.75. The number of benzene rings is 1. The first-order chi connectivity index (χ1) is 8.25. The number of fused-ring (bicyclic) bond motifs is 2. The van der Waals surface area contributed by atoms with Gasteiger partial charge in [-0.15, -0.1) is 0 Å². The van der Waals surface area contributed by atoms with Crippen LogP contribution in [0.5, 0.6) is 0 Å². The predicted octanol–water partition coefficient (Wildman–Crippen LogP) is 3.09. The lowest BCUT2D eigenvalue weighted by Gasteiger charge is -2.39. The SMILES string of the molecule is CCN1CCC2(CC1)OC(C)c1ccccc12. The van der Waals surface area contributed by atoms with Gasteiger partial charge in [-0.05, 0) is 37.4 Å². The van der Waals surface area contributed by atoms with E-state index >= 15 is 0 Å². The van der Waals surface area contributed by atoms with E-state index in [-0.39, 0.29) is 11.7 Å². The van der Waals surface area contributed by atoms with E-state index in [1.807, 2.05) is 0 Å². The van der Waals surface area contributed by atoms with Crippen molar-refractivity contribution in [1.82, 2.24) is 4.90 Å². The first-order valence-corrected chi connectivity index (χ1v) is 6.75. The molecule has 92 valence electrons. The second-order valence-electron chi connectivity index (χ2n) is 5.28. The molecule has 0 aliphatic carbocycles. The summed E-state index contributed by atoms with van der Waals surface area (Å²) in [6.45, 7) is 7.91. The highest BCUT2D eigenvalue weighted by Crippen LogP contribution is 2.48. The molecule has 1 aromatic rings. The normalized spacial score (nSPS) is 27.3. The molecule has 0 saturated carbocycles. The van der Waals surface area contributed by atoms with Crippen LogP contribution in [0.15, 0.2) is 24.3 Å². The van der Waals surface area contributed by atoms with Gasteiger partial charge in [0.2, 0.25) is 0 Å². The zero-order valence-electron chi connectivity index (χ0n) is 10.8. The van der Waals surface area contributed by atoms with E-state index in [1.165, 1.54) is 11.1 Å². The molecule has 2 aliphatic heterocycles. The fourth-order valence-corrected chi connectivity index (χ4v) is 3.35. The molecule has 0 aromatic heterocycles. The van der Waals surface area contributed by atoms with Gasteiger partial charge in [0, 0.05) is 13.1 Å². The summed E-state index contributed by atoms with van der Waals surface area (Å²) in [6, 6.07) is 8.76. The van der Waals surface area contributed by atoms with Gasteiger partial charge >= 0.3 is 0 Å². The maximum atomic E-state index is 6.33. The minimum Gasteiger partial charge on any atom is -0.363 e. The quantitative estimate of drug-likeness (QED) is 0.736. The number of ether oxygens (including phenoxy) is 1. The van der Waals surface area contributed by atoms with Gasteiger partial charge in [0.1, 0.15) is 0 Å². The molecule has 0 radical (unpaired) electrons. The molecule has 17 heavy (non-hydrogen) atoms. The van der Waals surface area contributed by atoms with Crippen LogP contribution in [0.1, 0.15) is 43.9 Å².